The molecule has 1 aliphatic carbocycles. The summed E-state index contributed by atoms with van der Waals surface area (Å²) in [5.74, 6) is 1.03. The quantitative estimate of drug-likeness (QED) is 0.753. The first-order valence-corrected chi connectivity index (χ1v) is 6.35. The zero-order chi connectivity index (χ0) is 11.4. The van der Waals surface area contributed by atoms with E-state index in [1.165, 1.54) is 12.8 Å². The normalized spacial score (nSPS) is 24.3. The Balaban J connectivity index is 0.00000144. The molecule has 2 fully saturated rings. The van der Waals surface area contributed by atoms with Crippen molar-refractivity contribution in [1.82, 2.24) is 10.2 Å². The van der Waals surface area contributed by atoms with E-state index in [9.17, 15) is 4.79 Å². The second-order valence-electron chi connectivity index (χ2n) is 4.91. The molecule has 0 aromatic rings. The summed E-state index contributed by atoms with van der Waals surface area (Å²) in [5.41, 5.74) is 0. The Bertz CT molecular complexity index is 247. The highest BCUT2D eigenvalue weighted by Crippen LogP contribution is 2.28. The molecule has 2 aliphatic rings. The first-order valence-electron chi connectivity index (χ1n) is 6.35. The maximum Gasteiger partial charge on any atom is 0.225 e. The molecule has 0 aromatic carbocycles. The standard InChI is InChI=1S/C12H22N2O2.ClH/c1-10-8-13-5-6-14(10)12(15)4-7-16-9-11-2-3-11;/h10-11,13H,2-9H2,1H3;1H/t10-;/m1./s1. The van der Waals surface area contributed by atoms with Crippen molar-refractivity contribution in [3.63, 3.8) is 0 Å². The molecule has 2 rings (SSSR count). The van der Waals surface area contributed by atoms with Gasteiger partial charge in [0.2, 0.25) is 5.91 Å². The Morgan fingerprint density at radius 2 is 2.24 bits per heavy atom. The van der Waals surface area contributed by atoms with E-state index < -0.39 is 0 Å². The average molecular weight is 263 g/mol. The van der Waals surface area contributed by atoms with Gasteiger partial charge >= 0.3 is 0 Å². The third-order valence-corrected chi connectivity index (χ3v) is 3.33. The van der Waals surface area contributed by atoms with Crippen molar-refractivity contribution in [2.45, 2.75) is 32.2 Å². The van der Waals surface area contributed by atoms with Gasteiger partial charge in [0.05, 0.1) is 13.0 Å². The predicted molar refractivity (Wildman–Crippen MR) is 69.5 cm³/mol. The Morgan fingerprint density at radius 1 is 1.47 bits per heavy atom. The summed E-state index contributed by atoms with van der Waals surface area (Å²) in [6.07, 6.45) is 3.16. The number of hydrogen-bond donors (Lipinski definition) is 1. The van der Waals surface area contributed by atoms with E-state index in [2.05, 4.69) is 12.2 Å². The van der Waals surface area contributed by atoms with Gasteiger partial charge in [-0.25, -0.2) is 0 Å². The van der Waals surface area contributed by atoms with Crippen molar-refractivity contribution in [3.05, 3.63) is 0 Å². The van der Waals surface area contributed by atoms with Gasteiger partial charge < -0.3 is 15.0 Å². The summed E-state index contributed by atoms with van der Waals surface area (Å²) < 4.78 is 5.49. The van der Waals surface area contributed by atoms with Gasteiger partial charge in [0.25, 0.3) is 0 Å². The molecular formula is C12H23ClN2O2. The first-order chi connectivity index (χ1) is 7.77. The number of carbonyl (C=O) groups excluding carboxylic acids is 1. The van der Waals surface area contributed by atoms with Gasteiger partial charge in [-0.05, 0) is 25.7 Å². The Labute approximate surface area is 109 Å². The van der Waals surface area contributed by atoms with Crippen LogP contribution >= 0.6 is 12.4 Å². The van der Waals surface area contributed by atoms with Crippen LogP contribution in [-0.4, -0.2) is 49.7 Å². The van der Waals surface area contributed by atoms with Gasteiger partial charge in [0.15, 0.2) is 0 Å². The third kappa shape index (κ3) is 4.82. The lowest BCUT2D eigenvalue weighted by Crippen LogP contribution is -2.52. The summed E-state index contributed by atoms with van der Waals surface area (Å²) in [5, 5.41) is 3.28. The van der Waals surface area contributed by atoms with Crippen LogP contribution in [0.4, 0.5) is 0 Å². The Hall–Kier alpha value is -0.320. The van der Waals surface area contributed by atoms with Crippen molar-refractivity contribution in [1.29, 1.82) is 0 Å². The summed E-state index contributed by atoms with van der Waals surface area (Å²) in [4.78, 5) is 13.9. The minimum absolute atomic E-state index is 0. The van der Waals surface area contributed by atoms with Gasteiger partial charge in [-0.2, -0.15) is 0 Å². The Kier molecular flexibility index (Phi) is 6.23. The number of ether oxygens (including phenoxy) is 1. The predicted octanol–water partition coefficient (Wildman–Crippen LogP) is 1.05. The summed E-state index contributed by atoms with van der Waals surface area (Å²) >= 11 is 0. The van der Waals surface area contributed by atoms with Crippen LogP contribution in [0.15, 0.2) is 0 Å². The van der Waals surface area contributed by atoms with E-state index in [0.717, 1.165) is 32.2 Å². The largest absolute Gasteiger partial charge is 0.381 e. The van der Waals surface area contributed by atoms with Crippen LogP contribution in [0.25, 0.3) is 0 Å². The van der Waals surface area contributed by atoms with E-state index in [0.29, 0.717) is 19.1 Å². The highest BCUT2D eigenvalue weighted by Gasteiger charge is 2.23. The molecule has 1 N–H and O–H groups in total. The lowest BCUT2D eigenvalue weighted by atomic mass is 10.2. The van der Waals surface area contributed by atoms with Gasteiger partial charge in [0.1, 0.15) is 0 Å². The van der Waals surface area contributed by atoms with Crippen LogP contribution in [0.3, 0.4) is 0 Å². The fraction of sp³-hybridized carbons (Fsp3) is 0.917. The number of halogens is 1. The summed E-state index contributed by atoms with van der Waals surface area (Å²) in [6.45, 7) is 6.20. The highest BCUT2D eigenvalue weighted by molar-refractivity contribution is 5.85. The molecule has 100 valence electrons. The smallest absolute Gasteiger partial charge is 0.225 e. The number of piperazine rings is 1. The minimum atomic E-state index is 0. The fourth-order valence-electron chi connectivity index (χ4n) is 2.05. The third-order valence-electron chi connectivity index (χ3n) is 3.33. The van der Waals surface area contributed by atoms with E-state index in [1.54, 1.807) is 0 Å². The van der Waals surface area contributed by atoms with Crippen LogP contribution in [0.1, 0.15) is 26.2 Å². The number of carbonyl (C=O) groups is 1. The van der Waals surface area contributed by atoms with Crippen LogP contribution in [0.2, 0.25) is 0 Å². The average Bonchev–Trinajstić information content (AvgIpc) is 3.08. The molecule has 1 heterocycles. The molecule has 1 atom stereocenters. The van der Waals surface area contributed by atoms with Crippen molar-refractivity contribution >= 4 is 18.3 Å². The molecule has 0 bridgehead atoms. The Morgan fingerprint density at radius 3 is 2.88 bits per heavy atom. The number of nitrogens with one attached hydrogen (secondary N) is 1. The number of amides is 1. The molecule has 4 nitrogen and oxygen atoms in total. The zero-order valence-corrected chi connectivity index (χ0v) is 11.3. The van der Waals surface area contributed by atoms with Gasteiger partial charge in [0, 0.05) is 32.3 Å². The minimum Gasteiger partial charge on any atom is -0.381 e. The molecule has 0 spiro atoms. The van der Waals surface area contributed by atoms with Crippen LogP contribution in [0, 0.1) is 5.92 Å². The molecule has 0 radical (unpaired) electrons. The van der Waals surface area contributed by atoms with Crippen LogP contribution < -0.4 is 5.32 Å². The van der Waals surface area contributed by atoms with Crippen LogP contribution in [0.5, 0.6) is 0 Å². The maximum atomic E-state index is 11.9. The molecular weight excluding hydrogens is 240 g/mol. The molecule has 1 aliphatic heterocycles. The highest BCUT2D eigenvalue weighted by atomic mass is 35.5. The second kappa shape index (κ2) is 7.19. The van der Waals surface area contributed by atoms with Crippen molar-refractivity contribution in [2.24, 2.45) is 5.92 Å². The maximum absolute atomic E-state index is 11.9. The first kappa shape index (κ1) is 14.7. The lowest BCUT2D eigenvalue weighted by Gasteiger charge is -2.34. The summed E-state index contributed by atoms with van der Waals surface area (Å²) in [7, 11) is 0. The molecule has 0 unspecified atom stereocenters. The van der Waals surface area contributed by atoms with Gasteiger partial charge in [-0.3, -0.25) is 4.79 Å². The van der Waals surface area contributed by atoms with E-state index in [4.69, 9.17) is 4.74 Å². The number of hydrogen-bond acceptors (Lipinski definition) is 3. The molecule has 5 heteroatoms. The summed E-state index contributed by atoms with van der Waals surface area (Å²) in [6, 6.07) is 0.324. The van der Waals surface area contributed by atoms with Gasteiger partial charge in [-0.1, -0.05) is 0 Å². The molecule has 0 aromatic heterocycles. The number of nitrogens with zero attached hydrogens (tertiary/aromatic N) is 1. The van der Waals surface area contributed by atoms with Crippen molar-refractivity contribution in [3.8, 4) is 0 Å². The topological polar surface area (TPSA) is 41.6 Å². The zero-order valence-electron chi connectivity index (χ0n) is 10.5. The number of rotatable bonds is 5. The molecule has 1 saturated carbocycles. The van der Waals surface area contributed by atoms with Crippen molar-refractivity contribution in [2.75, 3.05) is 32.8 Å². The molecule has 17 heavy (non-hydrogen) atoms. The SMILES string of the molecule is C[C@@H]1CNCCN1C(=O)CCOCC1CC1.Cl. The fourth-order valence-corrected chi connectivity index (χ4v) is 2.05. The molecule has 1 saturated heterocycles. The van der Waals surface area contributed by atoms with Crippen molar-refractivity contribution < 1.29 is 9.53 Å². The lowest BCUT2D eigenvalue weighted by molar-refractivity contribution is -0.135. The molecule has 1 amide bonds. The van der Waals surface area contributed by atoms with E-state index >= 15 is 0 Å². The van der Waals surface area contributed by atoms with Crippen LogP contribution in [-0.2, 0) is 9.53 Å². The monoisotopic (exact) mass is 262 g/mol. The van der Waals surface area contributed by atoms with Gasteiger partial charge in [-0.15, -0.1) is 12.4 Å². The van der Waals surface area contributed by atoms with E-state index in [1.807, 2.05) is 4.90 Å². The second-order valence-corrected chi connectivity index (χ2v) is 4.91. The van der Waals surface area contributed by atoms with E-state index in [-0.39, 0.29) is 18.3 Å².